The van der Waals surface area contributed by atoms with Crippen LogP contribution in [-0.4, -0.2) is 37.7 Å². The van der Waals surface area contributed by atoms with Crippen molar-refractivity contribution in [2.45, 2.75) is 12.8 Å². The summed E-state index contributed by atoms with van der Waals surface area (Å²) >= 11 is 2.07. The lowest BCUT2D eigenvalue weighted by molar-refractivity contribution is 0.858. The molecular formula is C14H20N2S. The molecule has 92 valence electrons. The number of hydrogen-bond donors (Lipinski definition) is 0. The van der Waals surface area contributed by atoms with Gasteiger partial charge in [0.2, 0.25) is 0 Å². The molecular weight excluding hydrogens is 228 g/mol. The Labute approximate surface area is 108 Å². The minimum atomic E-state index is 1.20. The Hall–Kier alpha value is -0.830. The van der Waals surface area contributed by atoms with E-state index in [1.54, 1.807) is 0 Å². The average Bonchev–Trinajstić information content (AvgIpc) is 2.94. The molecule has 0 N–H and O–H groups in total. The molecule has 2 nitrogen and oxygen atoms in total. The topological polar surface area (TPSA) is 6.48 Å². The van der Waals surface area contributed by atoms with Crippen molar-refractivity contribution in [1.82, 2.24) is 0 Å². The van der Waals surface area contributed by atoms with Crippen molar-refractivity contribution in [3.63, 3.8) is 0 Å². The van der Waals surface area contributed by atoms with Crippen molar-refractivity contribution in [2.75, 3.05) is 47.5 Å². The van der Waals surface area contributed by atoms with Gasteiger partial charge in [-0.1, -0.05) is 0 Å². The van der Waals surface area contributed by atoms with Gasteiger partial charge in [0.1, 0.15) is 0 Å². The molecule has 0 aliphatic carbocycles. The monoisotopic (exact) mass is 248 g/mol. The van der Waals surface area contributed by atoms with Crippen LogP contribution in [0.4, 0.5) is 11.4 Å². The maximum Gasteiger partial charge on any atom is 0.0368 e. The molecule has 2 aliphatic rings. The van der Waals surface area contributed by atoms with E-state index in [0.29, 0.717) is 0 Å². The standard InChI is InChI=1S/C14H20N2S/c1-2-8-15(7-1)13-3-5-14(6-4-13)16-9-11-17-12-10-16/h3-6H,1-2,7-12H2. The first-order chi connectivity index (χ1) is 8.43. The maximum atomic E-state index is 2.50. The summed E-state index contributed by atoms with van der Waals surface area (Å²) in [6.45, 7) is 4.88. The average molecular weight is 248 g/mol. The molecule has 0 atom stereocenters. The molecule has 2 aliphatic heterocycles. The van der Waals surface area contributed by atoms with E-state index >= 15 is 0 Å². The van der Waals surface area contributed by atoms with Crippen LogP contribution in [0.1, 0.15) is 12.8 Å². The highest BCUT2D eigenvalue weighted by atomic mass is 32.2. The second-order valence-corrected chi connectivity index (χ2v) is 6.03. The van der Waals surface area contributed by atoms with Gasteiger partial charge < -0.3 is 9.80 Å². The molecule has 3 rings (SSSR count). The summed E-state index contributed by atoms with van der Waals surface area (Å²) in [7, 11) is 0. The Balaban J connectivity index is 1.70. The summed E-state index contributed by atoms with van der Waals surface area (Å²) in [6, 6.07) is 9.18. The van der Waals surface area contributed by atoms with Crippen molar-refractivity contribution in [3.05, 3.63) is 24.3 Å². The number of benzene rings is 1. The van der Waals surface area contributed by atoms with Gasteiger partial charge in [-0.3, -0.25) is 0 Å². The van der Waals surface area contributed by atoms with Gasteiger partial charge in [0, 0.05) is 49.1 Å². The molecule has 17 heavy (non-hydrogen) atoms. The predicted molar refractivity (Wildman–Crippen MR) is 77.4 cm³/mol. The molecule has 3 heteroatoms. The second kappa shape index (κ2) is 5.21. The Kier molecular flexibility index (Phi) is 3.46. The number of anilines is 2. The number of rotatable bonds is 2. The third kappa shape index (κ3) is 2.54. The SMILES string of the molecule is c1cc(N2CCSCC2)ccc1N1CCCC1. The Morgan fingerprint density at radius 2 is 1.18 bits per heavy atom. The van der Waals surface area contributed by atoms with E-state index in [0.717, 1.165) is 0 Å². The largest absolute Gasteiger partial charge is 0.372 e. The van der Waals surface area contributed by atoms with Gasteiger partial charge in [-0.05, 0) is 37.1 Å². The first-order valence-corrected chi connectivity index (χ1v) is 7.77. The van der Waals surface area contributed by atoms with Crippen LogP contribution in [0.2, 0.25) is 0 Å². The van der Waals surface area contributed by atoms with Crippen LogP contribution in [0, 0.1) is 0 Å². The molecule has 1 aromatic rings. The zero-order valence-electron chi connectivity index (χ0n) is 10.3. The maximum absolute atomic E-state index is 2.50. The molecule has 0 aromatic heterocycles. The summed E-state index contributed by atoms with van der Waals surface area (Å²) in [5.74, 6) is 2.54. The van der Waals surface area contributed by atoms with Crippen LogP contribution in [0.25, 0.3) is 0 Å². The molecule has 0 spiro atoms. The van der Waals surface area contributed by atoms with Crippen LogP contribution < -0.4 is 9.80 Å². The van der Waals surface area contributed by atoms with E-state index in [4.69, 9.17) is 0 Å². The fraction of sp³-hybridized carbons (Fsp3) is 0.571. The molecule has 0 unspecified atom stereocenters. The second-order valence-electron chi connectivity index (χ2n) is 4.81. The van der Waals surface area contributed by atoms with Crippen molar-refractivity contribution in [3.8, 4) is 0 Å². The number of thioether (sulfide) groups is 1. The summed E-state index contributed by atoms with van der Waals surface area (Å²) in [5.41, 5.74) is 2.80. The van der Waals surface area contributed by atoms with Crippen molar-refractivity contribution in [2.24, 2.45) is 0 Å². The fourth-order valence-electron chi connectivity index (χ4n) is 2.67. The highest BCUT2D eigenvalue weighted by molar-refractivity contribution is 7.99. The molecule has 2 saturated heterocycles. The van der Waals surface area contributed by atoms with E-state index in [1.807, 2.05) is 0 Å². The quantitative estimate of drug-likeness (QED) is 0.794. The molecule has 1 aromatic carbocycles. The van der Waals surface area contributed by atoms with Gasteiger partial charge in [-0.15, -0.1) is 0 Å². The number of nitrogens with zero attached hydrogens (tertiary/aromatic N) is 2. The molecule has 0 amide bonds. The van der Waals surface area contributed by atoms with Crippen LogP contribution in [0.3, 0.4) is 0 Å². The molecule has 2 fully saturated rings. The number of hydrogen-bond acceptors (Lipinski definition) is 3. The molecule has 2 heterocycles. The molecule has 0 bridgehead atoms. The fourth-order valence-corrected chi connectivity index (χ4v) is 3.57. The van der Waals surface area contributed by atoms with Crippen molar-refractivity contribution < 1.29 is 0 Å². The first kappa shape index (κ1) is 11.3. The Bertz CT molecular complexity index is 351. The zero-order valence-corrected chi connectivity index (χ0v) is 11.1. The summed E-state index contributed by atoms with van der Waals surface area (Å²) < 4.78 is 0. The van der Waals surface area contributed by atoms with Crippen LogP contribution in [0.5, 0.6) is 0 Å². The van der Waals surface area contributed by atoms with E-state index < -0.39 is 0 Å². The normalized spacial score (nSPS) is 20.9. The molecule has 0 radical (unpaired) electrons. The summed E-state index contributed by atoms with van der Waals surface area (Å²) in [5, 5.41) is 0. The predicted octanol–water partition coefficient (Wildman–Crippen LogP) is 2.84. The van der Waals surface area contributed by atoms with Gasteiger partial charge in [0.15, 0.2) is 0 Å². The minimum absolute atomic E-state index is 1.20. The Morgan fingerprint density at radius 1 is 0.706 bits per heavy atom. The summed E-state index contributed by atoms with van der Waals surface area (Å²) in [4.78, 5) is 5.00. The van der Waals surface area contributed by atoms with Crippen molar-refractivity contribution >= 4 is 23.1 Å². The first-order valence-electron chi connectivity index (χ1n) is 6.61. The Morgan fingerprint density at radius 3 is 1.71 bits per heavy atom. The zero-order chi connectivity index (χ0) is 11.5. The summed E-state index contributed by atoms with van der Waals surface area (Å²) in [6.07, 6.45) is 2.70. The lowest BCUT2D eigenvalue weighted by atomic mass is 10.2. The van der Waals surface area contributed by atoms with Gasteiger partial charge in [0.25, 0.3) is 0 Å². The van der Waals surface area contributed by atoms with Gasteiger partial charge in [0.05, 0.1) is 0 Å². The van der Waals surface area contributed by atoms with Gasteiger partial charge >= 0.3 is 0 Å². The van der Waals surface area contributed by atoms with Crippen molar-refractivity contribution in [1.29, 1.82) is 0 Å². The van der Waals surface area contributed by atoms with Crippen LogP contribution in [0.15, 0.2) is 24.3 Å². The highest BCUT2D eigenvalue weighted by Crippen LogP contribution is 2.25. The van der Waals surface area contributed by atoms with E-state index in [2.05, 4.69) is 45.8 Å². The van der Waals surface area contributed by atoms with E-state index in [1.165, 1.54) is 61.9 Å². The van der Waals surface area contributed by atoms with E-state index in [-0.39, 0.29) is 0 Å². The van der Waals surface area contributed by atoms with E-state index in [9.17, 15) is 0 Å². The lowest BCUT2D eigenvalue weighted by Gasteiger charge is -2.29. The third-order valence-electron chi connectivity index (χ3n) is 3.70. The smallest absolute Gasteiger partial charge is 0.0368 e. The third-order valence-corrected chi connectivity index (χ3v) is 4.64. The minimum Gasteiger partial charge on any atom is -0.372 e. The van der Waals surface area contributed by atoms with Gasteiger partial charge in [-0.2, -0.15) is 11.8 Å². The lowest BCUT2D eigenvalue weighted by Crippen LogP contribution is -2.32. The van der Waals surface area contributed by atoms with Crippen LogP contribution >= 0.6 is 11.8 Å². The van der Waals surface area contributed by atoms with Gasteiger partial charge in [-0.25, -0.2) is 0 Å². The highest BCUT2D eigenvalue weighted by Gasteiger charge is 2.14. The molecule has 0 saturated carbocycles. The van der Waals surface area contributed by atoms with Crippen LogP contribution in [-0.2, 0) is 0 Å².